The highest BCUT2D eigenvalue weighted by Gasteiger charge is 2.20. The third-order valence-electron chi connectivity index (χ3n) is 5.30. The van der Waals surface area contributed by atoms with E-state index in [1.165, 1.54) is 22.3 Å². The van der Waals surface area contributed by atoms with E-state index in [2.05, 4.69) is 4.98 Å². The Labute approximate surface area is 189 Å². The maximum atomic E-state index is 13.3. The van der Waals surface area contributed by atoms with E-state index in [0.29, 0.717) is 30.2 Å². The van der Waals surface area contributed by atoms with Crippen LogP contribution in [0.2, 0.25) is 0 Å². The Kier molecular flexibility index (Phi) is 6.37. The first kappa shape index (κ1) is 21.8. The average Bonchev–Trinajstić information content (AvgIpc) is 3.21. The molecule has 164 valence electrons. The fraction of sp³-hybridized carbons (Fsp3) is 0.240. The lowest BCUT2D eigenvalue weighted by molar-refractivity contribution is 0.0699. The summed E-state index contributed by atoms with van der Waals surface area (Å²) in [5.41, 5.74) is 2.81. The molecule has 0 bridgehead atoms. The Morgan fingerprint density at radius 3 is 2.34 bits per heavy atom. The predicted octanol–water partition coefficient (Wildman–Crippen LogP) is 5.30. The molecule has 0 spiro atoms. The van der Waals surface area contributed by atoms with Crippen LogP contribution in [0.5, 0.6) is 5.75 Å². The SMILES string of the molecule is Cc1ccc(OCCCCn2c(-c3ccc(C)cc3)nc3scc(C(=O)O)c3c2=O)cc1. The van der Waals surface area contributed by atoms with Crippen molar-refractivity contribution in [1.29, 1.82) is 0 Å². The van der Waals surface area contributed by atoms with Gasteiger partial charge in [0.25, 0.3) is 5.56 Å². The summed E-state index contributed by atoms with van der Waals surface area (Å²) in [7, 11) is 0. The molecule has 2 aromatic heterocycles. The molecule has 7 heteroatoms. The molecule has 2 heterocycles. The van der Waals surface area contributed by atoms with Crippen LogP contribution in [0.4, 0.5) is 0 Å². The van der Waals surface area contributed by atoms with Crippen LogP contribution in [-0.2, 0) is 6.54 Å². The Bertz CT molecular complexity index is 1310. The van der Waals surface area contributed by atoms with Crippen molar-refractivity contribution in [3.05, 3.63) is 81.0 Å². The number of unbranched alkanes of at least 4 members (excludes halogenated alkanes) is 1. The largest absolute Gasteiger partial charge is 0.494 e. The van der Waals surface area contributed by atoms with Crippen molar-refractivity contribution in [3.63, 3.8) is 0 Å². The van der Waals surface area contributed by atoms with E-state index in [9.17, 15) is 14.7 Å². The van der Waals surface area contributed by atoms with Gasteiger partial charge in [0.05, 0.1) is 17.6 Å². The fourth-order valence-electron chi connectivity index (χ4n) is 3.51. The number of thiophene rings is 1. The second kappa shape index (κ2) is 9.36. The minimum atomic E-state index is -1.11. The summed E-state index contributed by atoms with van der Waals surface area (Å²) < 4.78 is 7.38. The van der Waals surface area contributed by atoms with Gasteiger partial charge in [0.1, 0.15) is 16.4 Å². The number of carbonyl (C=O) groups is 1. The normalized spacial score (nSPS) is 11.1. The summed E-state index contributed by atoms with van der Waals surface area (Å²) in [6, 6.07) is 15.7. The third-order valence-corrected chi connectivity index (χ3v) is 6.17. The lowest BCUT2D eigenvalue weighted by Gasteiger charge is -2.13. The molecular weight excluding hydrogens is 424 g/mol. The topological polar surface area (TPSA) is 81.4 Å². The van der Waals surface area contributed by atoms with Gasteiger partial charge in [-0.3, -0.25) is 9.36 Å². The molecule has 0 amide bonds. The third kappa shape index (κ3) is 4.57. The van der Waals surface area contributed by atoms with Gasteiger partial charge < -0.3 is 9.84 Å². The van der Waals surface area contributed by atoms with Crippen LogP contribution in [0, 0.1) is 13.8 Å². The fourth-order valence-corrected chi connectivity index (χ4v) is 4.41. The van der Waals surface area contributed by atoms with Gasteiger partial charge in [-0.2, -0.15) is 0 Å². The molecule has 0 fully saturated rings. The second-order valence-electron chi connectivity index (χ2n) is 7.76. The van der Waals surface area contributed by atoms with Crippen molar-refractivity contribution in [3.8, 4) is 17.1 Å². The number of fused-ring (bicyclic) bond motifs is 1. The first-order valence-corrected chi connectivity index (χ1v) is 11.3. The van der Waals surface area contributed by atoms with E-state index in [1.807, 2.05) is 62.4 Å². The lowest BCUT2D eigenvalue weighted by Crippen LogP contribution is -2.24. The Morgan fingerprint density at radius 2 is 1.69 bits per heavy atom. The van der Waals surface area contributed by atoms with Gasteiger partial charge >= 0.3 is 5.97 Å². The van der Waals surface area contributed by atoms with Crippen molar-refractivity contribution in [2.75, 3.05) is 6.61 Å². The number of carboxylic acids is 1. The summed E-state index contributed by atoms with van der Waals surface area (Å²) in [5, 5.41) is 11.2. The smallest absolute Gasteiger partial charge is 0.337 e. The minimum absolute atomic E-state index is 0.00871. The molecule has 6 nitrogen and oxygen atoms in total. The zero-order valence-electron chi connectivity index (χ0n) is 18.0. The molecule has 0 aliphatic rings. The molecule has 0 saturated carbocycles. The van der Waals surface area contributed by atoms with Crippen molar-refractivity contribution in [2.24, 2.45) is 0 Å². The van der Waals surface area contributed by atoms with Crippen molar-refractivity contribution in [1.82, 2.24) is 9.55 Å². The van der Waals surface area contributed by atoms with Crippen LogP contribution in [0.3, 0.4) is 0 Å². The van der Waals surface area contributed by atoms with Crippen LogP contribution < -0.4 is 10.3 Å². The van der Waals surface area contributed by atoms with Crippen molar-refractivity contribution >= 4 is 27.5 Å². The van der Waals surface area contributed by atoms with E-state index in [4.69, 9.17) is 4.74 Å². The molecule has 4 aromatic rings. The number of aromatic carboxylic acids is 1. The highest BCUT2D eigenvalue weighted by molar-refractivity contribution is 7.17. The molecule has 0 unspecified atom stereocenters. The molecule has 0 radical (unpaired) electrons. The summed E-state index contributed by atoms with van der Waals surface area (Å²) in [4.78, 5) is 30.1. The molecule has 0 saturated heterocycles. The molecule has 0 atom stereocenters. The van der Waals surface area contributed by atoms with Gasteiger partial charge in [0.15, 0.2) is 0 Å². The highest BCUT2D eigenvalue weighted by Crippen LogP contribution is 2.26. The molecule has 0 aliphatic heterocycles. The zero-order valence-corrected chi connectivity index (χ0v) is 18.8. The molecule has 0 aliphatic carbocycles. The van der Waals surface area contributed by atoms with E-state index < -0.39 is 5.97 Å². The highest BCUT2D eigenvalue weighted by atomic mass is 32.1. The van der Waals surface area contributed by atoms with Gasteiger partial charge in [-0.25, -0.2) is 9.78 Å². The van der Waals surface area contributed by atoms with Crippen LogP contribution >= 0.6 is 11.3 Å². The number of nitrogens with zero attached hydrogens (tertiary/aromatic N) is 2. The van der Waals surface area contributed by atoms with Gasteiger partial charge in [-0.1, -0.05) is 47.5 Å². The van der Waals surface area contributed by atoms with Crippen molar-refractivity contribution < 1.29 is 14.6 Å². The number of hydrogen-bond donors (Lipinski definition) is 1. The van der Waals surface area contributed by atoms with Gasteiger partial charge in [-0.15, -0.1) is 11.3 Å². The van der Waals surface area contributed by atoms with Crippen LogP contribution in [0.15, 0.2) is 58.7 Å². The first-order chi connectivity index (χ1) is 15.4. The predicted molar refractivity (Wildman–Crippen MR) is 127 cm³/mol. The molecule has 1 N–H and O–H groups in total. The second-order valence-corrected chi connectivity index (χ2v) is 8.62. The number of benzene rings is 2. The van der Waals surface area contributed by atoms with E-state index in [-0.39, 0.29) is 16.5 Å². The minimum Gasteiger partial charge on any atom is -0.494 e. The van der Waals surface area contributed by atoms with Gasteiger partial charge in [0, 0.05) is 17.5 Å². The Morgan fingerprint density at radius 1 is 1.03 bits per heavy atom. The van der Waals surface area contributed by atoms with E-state index in [1.54, 1.807) is 4.57 Å². The number of rotatable bonds is 8. The molecule has 2 aromatic carbocycles. The zero-order chi connectivity index (χ0) is 22.7. The first-order valence-electron chi connectivity index (χ1n) is 10.5. The summed E-state index contributed by atoms with van der Waals surface area (Å²) in [6.07, 6.45) is 1.45. The molecule has 4 rings (SSSR count). The number of aromatic nitrogens is 2. The molecule has 32 heavy (non-hydrogen) atoms. The maximum absolute atomic E-state index is 13.3. The molecular formula is C25H24N2O4S. The summed E-state index contributed by atoms with van der Waals surface area (Å²) in [5.74, 6) is 0.262. The van der Waals surface area contributed by atoms with E-state index >= 15 is 0 Å². The lowest BCUT2D eigenvalue weighted by atomic mass is 10.1. The summed E-state index contributed by atoms with van der Waals surface area (Å²) in [6.45, 7) is 4.99. The number of aryl methyl sites for hydroxylation is 2. The van der Waals surface area contributed by atoms with E-state index in [0.717, 1.165) is 23.3 Å². The van der Waals surface area contributed by atoms with Crippen LogP contribution in [-0.4, -0.2) is 27.2 Å². The number of carboxylic acid groups (broad SMARTS) is 1. The Hall–Kier alpha value is -3.45. The van der Waals surface area contributed by atoms with Crippen LogP contribution in [0.1, 0.15) is 34.3 Å². The van der Waals surface area contributed by atoms with Crippen LogP contribution in [0.25, 0.3) is 21.6 Å². The maximum Gasteiger partial charge on any atom is 0.337 e. The van der Waals surface area contributed by atoms with Gasteiger partial charge in [-0.05, 0) is 38.8 Å². The number of hydrogen-bond acceptors (Lipinski definition) is 5. The summed E-state index contributed by atoms with van der Waals surface area (Å²) >= 11 is 1.18. The quantitative estimate of drug-likeness (QED) is 0.370. The monoisotopic (exact) mass is 448 g/mol. The standard InChI is InChI=1S/C25H24N2O4S/c1-16-5-9-18(10-6-16)22-26-23-21(20(15-32-23)25(29)30)24(28)27(22)13-3-4-14-31-19-11-7-17(2)8-12-19/h5-12,15H,3-4,13-14H2,1-2H3,(H,29,30). The average molecular weight is 449 g/mol. The van der Waals surface area contributed by atoms with Gasteiger partial charge in [0.2, 0.25) is 0 Å². The Balaban J connectivity index is 1.59. The number of ether oxygens (including phenoxy) is 1. The van der Waals surface area contributed by atoms with Crippen molar-refractivity contribution in [2.45, 2.75) is 33.2 Å².